The number of benzene rings is 2. The van der Waals surface area contributed by atoms with Gasteiger partial charge in [-0.25, -0.2) is 5.90 Å². The van der Waals surface area contributed by atoms with Gasteiger partial charge in [-0.1, -0.05) is 47.5 Å². The first-order chi connectivity index (χ1) is 9.13. The molecule has 0 unspecified atom stereocenters. The van der Waals surface area contributed by atoms with Crippen LogP contribution in [0.15, 0.2) is 36.4 Å². The van der Waals surface area contributed by atoms with Crippen molar-refractivity contribution >= 4 is 34.6 Å². The molecule has 0 heterocycles. The highest BCUT2D eigenvalue weighted by atomic mass is 35.5. The minimum Gasteiger partial charge on any atom is -0.353 e. The van der Waals surface area contributed by atoms with Crippen LogP contribution in [0.2, 0.25) is 10.0 Å². The third kappa shape index (κ3) is 3.19. The summed E-state index contributed by atoms with van der Waals surface area (Å²) >= 11 is 12.5. The van der Waals surface area contributed by atoms with Crippen molar-refractivity contribution in [1.29, 1.82) is 0 Å². The largest absolute Gasteiger partial charge is 0.353 e. The maximum Gasteiger partial charge on any atom is 0.0950 e. The molecule has 0 fully saturated rings. The minimum atomic E-state index is 0.310. The molecule has 0 radical (unpaired) electrons. The summed E-state index contributed by atoms with van der Waals surface area (Å²) in [6.07, 6.45) is 0. The third-order valence-corrected chi connectivity index (χ3v) is 3.60. The quantitative estimate of drug-likeness (QED) is 0.820. The van der Waals surface area contributed by atoms with Crippen molar-refractivity contribution in [3.05, 3.63) is 57.6 Å². The first-order valence-electron chi connectivity index (χ1n) is 5.74. The van der Waals surface area contributed by atoms with Crippen LogP contribution in [-0.4, -0.2) is 0 Å². The second kappa shape index (κ2) is 6.26. The van der Waals surface area contributed by atoms with E-state index in [4.69, 9.17) is 29.1 Å². The van der Waals surface area contributed by atoms with Crippen LogP contribution in [0.25, 0.3) is 0 Å². The van der Waals surface area contributed by atoms with E-state index in [1.54, 1.807) is 0 Å². The van der Waals surface area contributed by atoms with E-state index in [0.29, 0.717) is 22.3 Å². The molecule has 2 aromatic carbocycles. The summed E-state index contributed by atoms with van der Waals surface area (Å²) in [4.78, 5) is 4.68. The normalized spacial score (nSPS) is 10.5. The zero-order valence-corrected chi connectivity index (χ0v) is 11.9. The summed E-state index contributed by atoms with van der Waals surface area (Å²) in [7, 11) is 0. The molecule has 0 spiro atoms. The molecule has 3 N–H and O–H groups in total. The Bertz CT molecular complexity index is 588. The number of hydrogen-bond donors (Lipinski definition) is 2. The van der Waals surface area contributed by atoms with Crippen LogP contribution < -0.4 is 11.2 Å². The lowest BCUT2D eigenvalue weighted by atomic mass is 10.1. The molecule has 5 heteroatoms. The number of para-hydroxylation sites is 1. The van der Waals surface area contributed by atoms with Crippen LogP contribution in [0.3, 0.4) is 0 Å². The van der Waals surface area contributed by atoms with Crippen molar-refractivity contribution in [2.24, 2.45) is 5.90 Å². The molecule has 0 aliphatic rings. The second-order valence-corrected chi connectivity index (χ2v) is 4.93. The first-order valence-corrected chi connectivity index (χ1v) is 6.50. The highest BCUT2D eigenvalue weighted by Gasteiger charge is 2.10. The maximum atomic E-state index is 6.27. The monoisotopic (exact) mass is 296 g/mol. The molecule has 19 heavy (non-hydrogen) atoms. The molecule has 0 saturated carbocycles. The molecule has 0 saturated heterocycles. The van der Waals surface area contributed by atoms with Crippen molar-refractivity contribution in [3.63, 3.8) is 0 Å². The summed E-state index contributed by atoms with van der Waals surface area (Å²) in [5.74, 6) is 5.13. The number of aryl methyl sites for hydroxylation is 1. The molecule has 2 aromatic rings. The lowest BCUT2D eigenvalue weighted by Gasteiger charge is -2.15. The van der Waals surface area contributed by atoms with Crippen molar-refractivity contribution in [3.8, 4) is 0 Å². The van der Waals surface area contributed by atoms with Gasteiger partial charge in [0.2, 0.25) is 0 Å². The fourth-order valence-electron chi connectivity index (χ4n) is 1.76. The Hall–Kier alpha value is -1.26. The topological polar surface area (TPSA) is 47.3 Å². The van der Waals surface area contributed by atoms with Crippen molar-refractivity contribution in [1.82, 2.24) is 0 Å². The third-order valence-electron chi connectivity index (χ3n) is 2.80. The van der Waals surface area contributed by atoms with Crippen LogP contribution in [-0.2, 0) is 11.4 Å². The summed E-state index contributed by atoms with van der Waals surface area (Å²) < 4.78 is 0. The van der Waals surface area contributed by atoms with Crippen molar-refractivity contribution in [2.75, 3.05) is 5.32 Å². The molecule has 100 valence electrons. The SMILES string of the molecule is Cc1ccc(Cl)c(Nc2ccccc2CON)c1Cl. The minimum absolute atomic E-state index is 0.310. The van der Waals surface area contributed by atoms with Gasteiger partial charge in [-0.15, -0.1) is 0 Å². The van der Waals surface area contributed by atoms with Crippen LogP contribution in [0, 0.1) is 6.92 Å². The average molecular weight is 297 g/mol. The van der Waals surface area contributed by atoms with Crippen molar-refractivity contribution in [2.45, 2.75) is 13.5 Å². The van der Waals surface area contributed by atoms with Crippen LogP contribution in [0.4, 0.5) is 11.4 Å². The Morgan fingerprint density at radius 3 is 2.63 bits per heavy atom. The lowest BCUT2D eigenvalue weighted by molar-refractivity contribution is 0.124. The Labute approximate surface area is 122 Å². The number of hydrogen-bond acceptors (Lipinski definition) is 3. The smallest absolute Gasteiger partial charge is 0.0950 e. The fourth-order valence-corrected chi connectivity index (χ4v) is 2.23. The molecule has 0 bridgehead atoms. The van der Waals surface area contributed by atoms with Gasteiger partial charge in [-0.3, -0.25) is 4.84 Å². The first kappa shape index (κ1) is 14.2. The predicted molar refractivity (Wildman–Crippen MR) is 79.9 cm³/mol. The molecular formula is C14H14Cl2N2O. The van der Waals surface area contributed by atoms with Gasteiger partial charge in [0.1, 0.15) is 0 Å². The van der Waals surface area contributed by atoms with Gasteiger partial charge < -0.3 is 5.32 Å². The number of anilines is 2. The van der Waals surface area contributed by atoms with E-state index in [9.17, 15) is 0 Å². The highest BCUT2D eigenvalue weighted by Crippen LogP contribution is 2.35. The number of rotatable bonds is 4. The number of nitrogens with one attached hydrogen (secondary N) is 1. The van der Waals surface area contributed by atoms with Gasteiger partial charge in [0.15, 0.2) is 0 Å². The maximum absolute atomic E-state index is 6.27. The van der Waals surface area contributed by atoms with Gasteiger partial charge in [0.05, 0.1) is 22.3 Å². The van der Waals surface area contributed by atoms with E-state index < -0.39 is 0 Å². The van der Waals surface area contributed by atoms with E-state index in [1.807, 2.05) is 43.3 Å². The number of nitrogens with two attached hydrogens (primary N) is 1. The Balaban J connectivity index is 2.39. The fraction of sp³-hybridized carbons (Fsp3) is 0.143. The Kier molecular flexibility index (Phi) is 4.66. The summed E-state index contributed by atoms with van der Waals surface area (Å²) in [5, 5.41) is 4.41. The molecule has 3 nitrogen and oxygen atoms in total. The van der Waals surface area contributed by atoms with Crippen LogP contribution in [0.1, 0.15) is 11.1 Å². The van der Waals surface area contributed by atoms with E-state index in [-0.39, 0.29) is 0 Å². The Morgan fingerprint density at radius 2 is 1.89 bits per heavy atom. The van der Waals surface area contributed by atoms with Crippen molar-refractivity contribution < 1.29 is 4.84 Å². The Morgan fingerprint density at radius 1 is 1.16 bits per heavy atom. The molecule has 0 aliphatic carbocycles. The average Bonchev–Trinajstić information content (AvgIpc) is 2.41. The molecule has 0 aliphatic heterocycles. The van der Waals surface area contributed by atoms with E-state index in [1.165, 1.54) is 0 Å². The standard InChI is InChI=1S/C14H14Cl2N2O/c1-9-6-7-11(15)14(13(9)16)18-12-5-3-2-4-10(12)8-19-17/h2-7,18H,8,17H2,1H3. The van der Waals surface area contributed by atoms with Gasteiger partial charge in [-0.05, 0) is 24.6 Å². The summed E-state index contributed by atoms with van der Waals surface area (Å²) in [5.41, 5.74) is 3.44. The van der Waals surface area contributed by atoms with Gasteiger partial charge in [0.25, 0.3) is 0 Å². The predicted octanol–water partition coefficient (Wildman–Crippen LogP) is 4.44. The zero-order chi connectivity index (χ0) is 13.8. The van der Waals surface area contributed by atoms with Crippen LogP contribution in [0.5, 0.6) is 0 Å². The molecule has 0 atom stereocenters. The second-order valence-electron chi connectivity index (χ2n) is 4.15. The van der Waals surface area contributed by atoms with E-state index in [2.05, 4.69) is 10.2 Å². The lowest BCUT2D eigenvalue weighted by Crippen LogP contribution is -2.03. The molecule has 2 rings (SSSR count). The zero-order valence-electron chi connectivity index (χ0n) is 10.4. The van der Waals surface area contributed by atoms with E-state index in [0.717, 1.165) is 16.8 Å². The van der Waals surface area contributed by atoms with E-state index >= 15 is 0 Å². The molecule has 0 amide bonds. The van der Waals surface area contributed by atoms with Gasteiger partial charge in [-0.2, -0.15) is 0 Å². The highest BCUT2D eigenvalue weighted by molar-refractivity contribution is 6.39. The van der Waals surface area contributed by atoms with Gasteiger partial charge in [0, 0.05) is 11.3 Å². The molecular weight excluding hydrogens is 283 g/mol. The van der Waals surface area contributed by atoms with Gasteiger partial charge >= 0.3 is 0 Å². The summed E-state index contributed by atoms with van der Waals surface area (Å²) in [6.45, 7) is 2.24. The molecule has 0 aromatic heterocycles. The summed E-state index contributed by atoms with van der Waals surface area (Å²) in [6, 6.07) is 11.4. The number of halogens is 2. The van der Waals surface area contributed by atoms with Crippen LogP contribution >= 0.6 is 23.2 Å².